The third-order valence-corrected chi connectivity index (χ3v) is 9.91. The van der Waals surface area contributed by atoms with Crippen LogP contribution in [0, 0.1) is 34.9 Å². The molecule has 2 aliphatic heterocycles. The molecule has 2 N–H and O–H groups in total. The predicted octanol–water partition coefficient (Wildman–Crippen LogP) is 4.79. The van der Waals surface area contributed by atoms with Gasteiger partial charge in [0.2, 0.25) is 23.6 Å². The SMILES string of the molecule is CC12C(=O)N(c3ccc(F)c(Cl)c3)C(=O)C1CC1C(=CCC3C(=O)N(CCC(=O)O)C(=O)C31)C2c1cc(OC(F)(F)F)ccc1O. The van der Waals surface area contributed by atoms with E-state index in [0.717, 1.165) is 40.1 Å². The number of anilines is 1. The number of aliphatic carboxylic acids is 1. The van der Waals surface area contributed by atoms with Crippen molar-refractivity contribution in [1.82, 2.24) is 4.90 Å². The van der Waals surface area contributed by atoms with Crippen molar-refractivity contribution >= 4 is 46.9 Å². The summed E-state index contributed by atoms with van der Waals surface area (Å²) in [6.07, 6.45) is -4.12. The van der Waals surface area contributed by atoms with Crippen molar-refractivity contribution in [2.75, 3.05) is 11.4 Å². The van der Waals surface area contributed by atoms with Crippen LogP contribution in [0.1, 0.15) is 37.7 Å². The summed E-state index contributed by atoms with van der Waals surface area (Å²) in [5, 5.41) is 19.8. The number of rotatable bonds is 6. The summed E-state index contributed by atoms with van der Waals surface area (Å²) in [4.78, 5) is 68.3. The number of imide groups is 2. The maximum Gasteiger partial charge on any atom is 0.573 e. The van der Waals surface area contributed by atoms with E-state index in [2.05, 4.69) is 4.74 Å². The minimum absolute atomic E-state index is 0.0131. The second-order valence-electron chi connectivity index (χ2n) is 12.0. The van der Waals surface area contributed by atoms with E-state index >= 15 is 0 Å². The fourth-order valence-corrected chi connectivity index (χ4v) is 7.86. The molecule has 0 bridgehead atoms. The molecule has 15 heteroatoms. The van der Waals surface area contributed by atoms with E-state index in [1.807, 2.05) is 0 Å². The fraction of sp³-hybridized carbons (Fsp3) is 0.387. The summed E-state index contributed by atoms with van der Waals surface area (Å²) < 4.78 is 57.8. The van der Waals surface area contributed by atoms with Crippen LogP contribution in [0.2, 0.25) is 5.02 Å². The van der Waals surface area contributed by atoms with Crippen LogP contribution in [0.3, 0.4) is 0 Å². The molecule has 2 aromatic carbocycles. The summed E-state index contributed by atoms with van der Waals surface area (Å²) in [5.74, 6) is -11.4. The average Bonchev–Trinajstić information content (AvgIpc) is 3.33. The molecule has 4 aliphatic rings. The highest BCUT2D eigenvalue weighted by atomic mass is 35.5. The number of carboxylic acid groups (broad SMARTS) is 1. The first-order valence-electron chi connectivity index (χ1n) is 14.2. The summed E-state index contributed by atoms with van der Waals surface area (Å²) >= 11 is 5.96. The maximum absolute atomic E-state index is 14.4. The number of hydrogen-bond acceptors (Lipinski definition) is 7. The van der Waals surface area contributed by atoms with Gasteiger partial charge < -0.3 is 14.9 Å². The Morgan fingerprint density at radius 1 is 1.07 bits per heavy atom. The van der Waals surface area contributed by atoms with Crippen LogP contribution in [0.15, 0.2) is 48.0 Å². The third kappa shape index (κ3) is 4.81. The van der Waals surface area contributed by atoms with Gasteiger partial charge in [0.05, 0.1) is 40.3 Å². The maximum atomic E-state index is 14.4. The molecule has 6 rings (SSSR count). The molecule has 1 saturated carbocycles. The lowest BCUT2D eigenvalue weighted by atomic mass is 9.51. The Morgan fingerprint density at radius 2 is 1.78 bits per heavy atom. The van der Waals surface area contributed by atoms with Gasteiger partial charge in [-0.05, 0) is 62.1 Å². The highest BCUT2D eigenvalue weighted by Crippen LogP contribution is 2.64. The standard InChI is InChI=1S/C31H25ClF4N2O8/c1-30-19(27(43)38(29(30)45)13-2-6-21(33)20(32)10-13)12-17-15(25(30)18-11-14(3-7-22(18)39)46-31(34,35)36)4-5-16-24(17)28(44)37(26(16)42)9-8-23(40)41/h2-4,6-7,10-11,16-17,19,24-25,39H,5,8-9,12H2,1H3,(H,40,41). The van der Waals surface area contributed by atoms with Gasteiger partial charge in [-0.15, -0.1) is 13.2 Å². The van der Waals surface area contributed by atoms with E-state index in [1.54, 1.807) is 6.08 Å². The quantitative estimate of drug-likeness (QED) is 0.255. The zero-order valence-corrected chi connectivity index (χ0v) is 24.6. The molecule has 2 saturated heterocycles. The number of likely N-dealkylation sites (tertiary alicyclic amines) is 1. The largest absolute Gasteiger partial charge is 0.573 e. The van der Waals surface area contributed by atoms with Crippen molar-refractivity contribution in [1.29, 1.82) is 0 Å². The van der Waals surface area contributed by atoms with Gasteiger partial charge in [-0.3, -0.25) is 28.9 Å². The van der Waals surface area contributed by atoms with Gasteiger partial charge >= 0.3 is 12.3 Å². The molecule has 6 unspecified atom stereocenters. The smallest absolute Gasteiger partial charge is 0.508 e. The number of benzene rings is 2. The zero-order valence-electron chi connectivity index (χ0n) is 23.9. The highest BCUT2D eigenvalue weighted by molar-refractivity contribution is 6.31. The average molecular weight is 665 g/mol. The van der Waals surface area contributed by atoms with Crippen molar-refractivity contribution < 1.29 is 56.5 Å². The normalized spacial score (nSPS) is 29.0. The first-order chi connectivity index (χ1) is 21.5. The van der Waals surface area contributed by atoms with Gasteiger partial charge in [0, 0.05) is 18.0 Å². The summed E-state index contributed by atoms with van der Waals surface area (Å²) in [6.45, 7) is 1.06. The summed E-state index contributed by atoms with van der Waals surface area (Å²) in [5.41, 5.74) is -1.61. The second kappa shape index (κ2) is 10.8. The monoisotopic (exact) mass is 664 g/mol. The van der Waals surface area contributed by atoms with Gasteiger partial charge in [-0.1, -0.05) is 23.3 Å². The predicted molar refractivity (Wildman–Crippen MR) is 150 cm³/mol. The Kier molecular flexibility index (Phi) is 7.41. The van der Waals surface area contributed by atoms with Gasteiger partial charge in [0.15, 0.2) is 0 Å². The number of nitrogens with zero attached hydrogens (tertiary/aromatic N) is 2. The number of phenols is 1. The number of phenolic OH excluding ortho intramolecular Hbond substituents is 1. The van der Waals surface area contributed by atoms with Gasteiger partial charge in [0.1, 0.15) is 17.3 Å². The third-order valence-electron chi connectivity index (χ3n) is 9.62. The first-order valence-corrected chi connectivity index (χ1v) is 14.6. The molecule has 242 valence electrons. The minimum atomic E-state index is -5.10. The van der Waals surface area contributed by atoms with E-state index < -0.39 is 94.7 Å². The minimum Gasteiger partial charge on any atom is -0.508 e. The Labute approximate surface area is 263 Å². The van der Waals surface area contributed by atoms with E-state index in [9.17, 15) is 46.6 Å². The zero-order chi connectivity index (χ0) is 33.5. The number of carbonyl (C=O) groups excluding carboxylic acids is 4. The number of amides is 4. The van der Waals surface area contributed by atoms with Crippen LogP contribution < -0.4 is 9.64 Å². The van der Waals surface area contributed by atoms with E-state index in [0.29, 0.717) is 5.57 Å². The number of halogens is 5. The van der Waals surface area contributed by atoms with Crippen LogP contribution in [0.4, 0.5) is 23.2 Å². The van der Waals surface area contributed by atoms with Crippen LogP contribution >= 0.6 is 11.6 Å². The van der Waals surface area contributed by atoms with E-state index in [4.69, 9.17) is 16.7 Å². The molecule has 2 heterocycles. The molecule has 3 fully saturated rings. The van der Waals surface area contributed by atoms with Gasteiger partial charge in [-0.25, -0.2) is 9.29 Å². The number of ether oxygens (including phenoxy) is 1. The summed E-state index contributed by atoms with van der Waals surface area (Å²) in [6, 6.07) is 5.97. The number of hydrogen-bond donors (Lipinski definition) is 2. The van der Waals surface area contributed by atoms with Crippen molar-refractivity contribution in [2.45, 2.75) is 38.5 Å². The Morgan fingerprint density at radius 3 is 2.43 bits per heavy atom. The van der Waals surface area contributed by atoms with Crippen LogP contribution in [-0.4, -0.2) is 57.6 Å². The number of fused-ring (bicyclic) bond motifs is 4. The highest BCUT2D eigenvalue weighted by Gasteiger charge is 2.68. The summed E-state index contributed by atoms with van der Waals surface area (Å²) in [7, 11) is 0. The van der Waals surface area contributed by atoms with Crippen molar-refractivity contribution in [3.63, 3.8) is 0 Å². The molecule has 6 atom stereocenters. The molecule has 0 radical (unpaired) electrons. The molecule has 10 nitrogen and oxygen atoms in total. The van der Waals surface area contributed by atoms with Crippen LogP contribution in [0.25, 0.3) is 0 Å². The molecule has 2 aliphatic carbocycles. The molecule has 2 aromatic rings. The van der Waals surface area contributed by atoms with Gasteiger partial charge in [-0.2, -0.15) is 0 Å². The molecule has 0 aromatic heterocycles. The van der Waals surface area contributed by atoms with E-state index in [-0.39, 0.29) is 35.7 Å². The first kappa shape index (κ1) is 31.5. The second-order valence-corrected chi connectivity index (χ2v) is 12.4. The molecular weight excluding hydrogens is 640 g/mol. The number of carboxylic acids is 1. The molecule has 0 spiro atoms. The molecule has 46 heavy (non-hydrogen) atoms. The number of aromatic hydroxyl groups is 1. The topological polar surface area (TPSA) is 142 Å². The number of carbonyl (C=O) groups is 5. The lowest BCUT2D eigenvalue weighted by Crippen LogP contribution is -2.49. The lowest BCUT2D eigenvalue weighted by molar-refractivity contribution is -0.274. The van der Waals surface area contributed by atoms with Gasteiger partial charge in [0.25, 0.3) is 0 Å². The Balaban J connectivity index is 1.51. The van der Waals surface area contributed by atoms with E-state index in [1.165, 1.54) is 13.0 Å². The lowest BCUT2D eigenvalue weighted by Gasteiger charge is -2.49. The Bertz CT molecular complexity index is 1750. The van der Waals surface area contributed by atoms with Crippen molar-refractivity contribution in [2.24, 2.45) is 29.1 Å². The number of allylic oxidation sites excluding steroid dienone is 2. The Hall–Kier alpha value is -4.46. The molecule has 4 amide bonds. The van der Waals surface area contributed by atoms with Crippen LogP contribution in [-0.2, 0) is 24.0 Å². The fourth-order valence-electron chi connectivity index (χ4n) is 7.68. The van der Waals surface area contributed by atoms with Crippen molar-refractivity contribution in [3.8, 4) is 11.5 Å². The van der Waals surface area contributed by atoms with Crippen LogP contribution in [0.5, 0.6) is 11.5 Å². The molecular formula is C31H25ClF4N2O8. The number of alkyl halides is 3. The van der Waals surface area contributed by atoms with Crippen molar-refractivity contribution in [3.05, 3.63) is 64.5 Å².